The maximum Gasteiger partial charge on any atom is 0.276 e. The van der Waals surface area contributed by atoms with E-state index in [0.717, 1.165) is 22.4 Å². The van der Waals surface area contributed by atoms with Crippen LogP contribution in [-0.4, -0.2) is 28.2 Å². The van der Waals surface area contributed by atoms with Crippen LogP contribution < -0.4 is 15.6 Å². The minimum absolute atomic E-state index is 0.196. The van der Waals surface area contributed by atoms with Crippen molar-refractivity contribution in [3.05, 3.63) is 83.7 Å². The molecule has 3 aromatic rings. The zero-order valence-electron chi connectivity index (χ0n) is 16.3. The maximum atomic E-state index is 11.9. The number of hydrazine groups is 1. The molecule has 0 aliphatic rings. The van der Waals surface area contributed by atoms with Gasteiger partial charge in [-0.1, -0.05) is 30.3 Å². The lowest BCUT2D eigenvalue weighted by Gasteiger charge is -2.10. The number of nitrogens with one attached hydrogen (secondary N) is 2. The average molecular weight is 390 g/mol. The molecule has 3 rings (SSSR count). The van der Waals surface area contributed by atoms with E-state index in [-0.39, 0.29) is 6.61 Å². The second kappa shape index (κ2) is 9.36. The fourth-order valence-electron chi connectivity index (χ4n) is 2.53. The summed E-state index contributed by atoms with van der Waals surface area (Å²) in [5.41, 5.74) is 8.30. The van der Waals surface area contributed by atoms with Crippen LogP contribution in [0.25, 0.3) is 11.8 Å². The van der Waals surface area contributed by atoms with E-state index in [1.165, 1.54) is 6.08 Å². The number of carbonyl (C=O) groups excluding carboxylic acids is 2. The standard InChI is InChI=1S/C22H22N4O3/c1-16-8-9-17(2)20(12-16)29-15-22(28)25-24-21(27)11-10-18-13-23-26(14-18)19-6-4-3-5-7-19/h3-14H,15H2,1-2H3,(H,24,27)(H,25,28)/b11-10+. The molecule has 2 N–H and O–H groups in total. The molecule has 0 unspecified atom stereocenters. The lowest BCUT2D eigenvalue weighted by molar-refractivity contribution is -0.128. The Balaban J connectivity index is 1.45. The third-order valence-electron chi connectivity index (χ3n) is 4.08. The summed E-state index contributed by atoms with van der Waals surface area (Å²) in [4.78, 5) is 23.8. The lowest BCUT2D eigenvalue weighted by Crippen LogP contribution is -2.43. The summed E-state index contributed by atoms with van der Waals surface area (Å²) in [6.07, 6.45) is 6.38. The molecule has 1 heterocycles. The Morgan fingerprint density at radius 2 is 1.90 bits per heavy atom. The van der Waals surface area contributed by atoms with E-state index in [1.54, 1.807) is 23.2 Å². The first-order valence-corrected chi connectivity index (χ1v) is 9.08. The van der Waals surface area contributed by atoms with Crippen molar-refractivity contribution in [2.45, 2.75) is 13.8 Å². The highest BCUT2D eigenvalue weighted by atomic mass is 16.5. The minimum atomic E-state index is -0.461. The molecule has 0 spiro atoms. The highest BCUT2D eigenvalue weighted by Crippen LogP contribution is 2.18. The molecule has 2 aromatic carbocycles. The van der Waals surface area contributed by atoms with Crippen LogP contribution >= 0.6 is 0 Å². The minimum Gasteiger partial charge on any atom is -0.483 e. The van der Waals surface area contributed by atoms with Crippen LogP contribution in [0.2, 0.25) is 0 Å². The molecule has 0 saturated heterocycles. The van der Waals surface area contributed by atoms with Crippen molar-refractivity contribution in [1.82, 2.24) is 20.6 Å². The van der Waals surface area contributed by atoms with E-state index in [1.807, 2.05) is 62.4 Å². The van der Waals surface area contributed by atoms with E-state index in [9.17, 15) is 9.59 Å². The second-order valence-electron chi connectivity index (χ2n) is 6.48. The molecule has 0 radical (unpaired) electrons. The molecule has 0 aliphatic carbocycles. The summed E-state index contributed by atoms with van der Waals surface area (Å²) in [7, 11) is 0. The fourth-order valence-corrected chi connectivity index (χ4v) is 2.53. The predicted octanol–water partition coefficient (Wildman–Crippen LogP) is 2.73. The molecule has 0 atom stereocenters. The van der Waals surface area contributed by atoms with E-state index in [4.69, 9.17) is 4.74 Å². The SMILES string of the molecule is Cc1ccc(C)c(OCC(=O)NNC(=O)/C=C/c2cnn(-c3ccccc3)c2)c1. The summed E-state index contributed by atoms with van der Waals surface area (Å²) in [5.74, 6) is -0.274. The number of rotatable bonds is 6. The first-order valence-electron chi connectivity index (χ1n) is 9.08. The quantitative estimate of drug-likeness (QED) is 0.501. The number of para-hydroxylation sites is 1. The van der Waals surface area contributed by atoms with Gasteiger partial charge in [-0.2, -0.15) is 5.10 Å². The lowest BCUT2D eigenvalue weighted by atomic mass is 10.1. The van der Waals surface area contributed by atoms with Crippen LogP contribution in [-0.2, 0) is 9.59 Å². The van der Waals surface area contributed by atoms with Crippen molar-refractivity contribution in [3.8, 4) is 11.4 Å². The van der Waals surface area contributed by atoms with Gasteiger partial charge in [0.05, 0.1) is 11.9 Å². The first-order chi connectivity index (χ1) is 14.0. The van der Waals surface area contributed by atoms with E-state index in [0.29, 0.717) is 5.75 Å². The van der Waals surface area contributed by atoms with Crippen LogP contribution in [0.5, 0.6) is 5.75 Å². The molecular formula is C22H22N4O3. The van der Waals surface area contributed by atoms with Gasteiger partial charge in [-0.3, -0.25) is 20.4 Å². The van der Waals surface area contributed by atoms with Gasteiger partial charge in [-0.15, -0.1) is 0 Å². The van der Waals surface area contributed by atoms with Crippen LogP contribution in [0, 0.1) is 13.8 Å². The Labute approximate surface area is 169 Å². The van der Waals surface area contributed by atoms with Gasteiger partial charge < -0.3 is 4.74 Å². The van der Waals surface area contributed by atoms with Gasteiger partial charge in [0.1, 0.15) is 5.75 Å². The molecule has 7 nitrogen and oxygen atoms in total. The third kappa shape index (κ3) is 5.80. The molecule has 1 aromatic heterocycles. The Kier molecular flexibility index (Phi) is 6.42. The molecule has 0 aliphatic heterocycles. The number of hydrogen-bond donors (Lipinski definition) is 2. The van der Waals surface area contributed by atoms with Gasteiger partial charge in [0.2, 0.25) is 0 Å². The molecule has 0 saturated carbocycles. The Hall–Kier alpha value is -3.87. The van der Waals surface area contributed by atoms with Gasteiger partial charge in [0.25, 0.3) is 11.8 Å². The number of benzene rings is 2. The highest BCUT2D eigenvalue weighted by Gasteiger charge is 2.06. The molecule has 2 amide bonds. The van der Waals surface area contributed by atoms with Gasteiger partial charge in [0.15, 0.2) is 6.61 Å². The number of hydrogen-bond acceptors (Lipinski definition) is 4. The van der Waals surface area contributed by atoms with Crippen molar-refractivity contribution < 1.29 is 14.3 Å². The number of carbonyl (C=O) groups is 2. The maximum absolute atomic E-state index is 11.9. The smallest absolute Gasteiger partial charge is 0.276 e. The van der Waals surface area contributed by atoms with E-state index in [2.05, 4.69) is 16.0 Å². The molecule has 0 bridgehead atoms. The van der Waals surface area contributed by atoms with Crippen molar-refractivity contribution >= 4 is 17.9 Å². The molecule has 148 valence electrons. The number of ether oxygens (including phenoxy) is 1. The first kappa shape index (κ1) is 19.9. The van der Waals surface area contributed by atoms with Gasteiger partial charge >= 0.3 is 0 Å². The van der Waals surface area contributed by atoms with Crippen LogP contribution in [0.3, 0.4) is 0 Å². The summed E-state index contributed by atoms with van der Waals surface area (Å²) in [6.45, 7) is 3.65. The Morgan fingerprint density at radius 1 is 1.10 bits per heavy atom. The highest BCUT2D eigenvalue weighted by molar-refractivity contribution is 5.93. The predicted molar refractivity (Wildman–Crippen MR) is 110 cm³/mol. The summed E-state index contributed by atoms with van der Waals surface area (Å²) < 4.78 is 7.21. The van der Waals surface area contributed by atoms with E-state index < -0.39 is 11.8 Å². The van der Waals surface area contributed by atoms with Crippen molar-refractivity contribution in [3.63, 3.8) is 0 Å². The molecule has 7 heteroatoms. The Bertz CT molecular complexity index is 1030. The molecule has 0 fully saturated rings. The van der Waals surface area contributed by atoms with E-state index >= 15 is 0 Å². The van der Waals surface area contributed by atoms with Crippen LogP contribution in [0.1, 0.15) is 16.7 Å². The van der Waals surface area contributed by atoms with Crippen LogP contribution in [0.15, 0.2) is 67.0 Å². The number of aryl methyl sites for hydroxylation is 2. The third-order valence-corrected chi connectivity index (χ3v) is 4.08. The van der Waals surface area contributed by atoms with Gasteiger partial charge in [-0.05, 0) is 49.2 Å². The number of amides is 2. The number of aromatic nitrogens is 2. The molecular weight excluding hydrogens is 368 g/mol. The summed E-state index contributed by atoms with van der Waals surface area (Å²) in [5, 5.41) is 4.25. The topological polar surface area (TPSA) is 85.2 Å². The van der Waals surface area contributed by atoms with Gasteiger partial charge in [0, 0.05) is 17.8 Å². The Morgan fingerprint density at radius 3 is 2.69 bits per heavy atom. The summed E-state index contributed by atoms with van der Waals surface area (Å²) in [6, 6.07) is 15.4. The zero-order chi connectivity index (χ0) is 20.6. The van der Waals surface area contributed by atoms with Crippen molar-refractivity contribution in [2.75, 3.05) is 6.61 Å². The van der Waals surface area contributed by atoms with Crippen molar-refractivity contribution in [1.29, 1.82) is 0 Å². The molecule has 29 heavy (non-hydrogen) atoms. The fraction of sp³-hybridized carbons (Fsp3) is 0.136. The van der Waals surface area contributed by atoms with Gasteiger partial charge in [-0.25, -0.2) is 4.68 Å². The average Bonchev–Trinajstić information content (AvgIpc) is 3.21. The summed E-state index contributed by atoms with van der Waals surface area (Å²) >= 11 is 0. The number of nitrogens with zero attached hydrogens (tertiary/aromatic N) is 2. The van der Waals surface area contributed by atoms with Crippen molar-refractivity contribution in [2.24, 2.45) is 0 Å². The van der Waals surface area contributed by atoms with Crippen LogP contribution in [0.4, 0.5) is 0 Å². The second-order valence-corrected chi connectivity index (χ2v) is 6.48. The monoisotopic (exact) mass is 390 g/mol. The zero-order valence-corrected chi connectivity index (χ0v) is 16.3. The normalized spacial score (nSPS) is 10.7. The largest absolute Gasteiger partial charge is 0.483 e.